The molecule has 5 heteroatoms. The lowest BCUT2D eigenvalue weighted by molar-refractivity contribution is 0.0951. The van der Waals surface area contributed by atoms with E-state index in [1.165, 1.54) is 0 Å². The quantitative estimate of drug-likeness (QED) is 0.332. The van der Waals surface area contributed by atoms with Gasteiger partial charge in [-0.25, -0.2) is 5.43 Å². The minimum absolute atomic E-state index is 0.319. The van der Waals surface area contributed by atoms with E-state index in [9.17, 15) is 4.79 Å². The van der Waals surface area contributed by atoms with E-state index in [1.807, 2.05) is 54.6 Å². The molecule has 0 aliphatic heterocycles. The van der Waals surface area contributed by atoms with Crippen molar-refractivity contribution in [3.8, 4) is 11.5 Å². The number of para-hydroxylation sites is 2. The van der Waals surface area contributed by atoms with Crippen molar-refractivity contribution in [1.82, 2.24) is 5.43 Å². The Labute approximate surface area is 170 Å². The zero-order chi connectivity index (χ0) is 20.3. The molecule has 0 spiro atoms. The molecular formula is C24H22N2O3. The maximum Gasteiger partial charge on any atom is 0.275 e. The molecule has 146 valence electrons. The number of hydrogen-bond acceptors (Lipinski definition) is 4. The van der Waals surface area contributed by atoms with Crippen molar-refractivity contribution in [2.75, 3.05) is 6.61 Å². The average Bonchev–Trinajstić information content (AvgIpc) is 2.78. The summed E-state index contributed by atoms with van der Waals surface area (Å²) < 4.78 is 11.4. The first-order chi connectivity index (χ1) is 14.3. The molecule has 0 heterocycles. The Morgan fingerprint density at radius 3 is 2.38 bits per heavy atom. The van der Waals surface area contributed by atoms with Crippen LogP contribution in [-0.2, 0) is 6.61 Å². The average molecular weight is 386 g/mol. The fraction of sp³-hybridized carbons (Fsp3) is 0.0833. The molecule has 0 fully saturated rings. The fourth-order valence-electron chi connectivity index (χ4n) is 2.60. The zero-order valence-electron chi connectivity index (χ0n) is 16.0. The lowest BCUT2D eigenvalue weighted by atomic mass is 10.2. The third-order valence-electron chi connectivity index (χ3n) is 4.01. The third-order valence-corrected chi connectivity index (χ3v) is 4.01. The van der Waals surface area contributed by atoms with Crippen LogP contribution in [0.5, 0.6) is 11.5 Å². The number of nitrogens with zero attached hydrogens (tertiary/aromatic N) is 1. The third kappa shape index (κ3) is 5.81. The van der Waals surface area contributed by atoms with Gasteiger partial charge in [-0.15, -0.1) is 0 Å². The smallest absolute Gasteiger partial charge is 0.275 e. The van der Waals surface area contributed by atoms with Crippen LogP contribution in [0.25, 0.3) is 0 Å². The topological polar surface area (TPSA) is 59.9 Å². The Bertz CT molecular complexity index is 984. The van der Waals surface area contributed by atoms with Crippen molar-refractivity contribution < 1.29 is 14.3 Å². The summed E-state index contributed by atoms with van der Waals surface area (Å²) in [6.45, 7) is 4.38. The molecule has 0 aliphatic rings. The van der Waals surface area contributed by atoms with Crippen molar-refractivity contribution in [3.63, 3.8) is 0 Å². The van der Waals surface area contributed by atoms with E-state index in [1.54, 1.807) is 36.6 Å². The summed E-state index contributed by atoms with van der Waals surface area (Å²) in [6.07, 6.45) is 3.19. The molecule has 1 amide bonds. The molecule has 29 heavy (non-hydrogen) atoms. The van der Waals surface area contributed by atoms with Crippen LogP contribution in [0.4, 0.5) is 0 Å². The summed E-state index contributed by atoms with van der Waals surface area (Å²) in [5.74, 6) is 0.805. The van der Waals surface area contributed by atoms with E-state index >= 15 is 0 Å². The highest BCUT2D eigenvalue weighted by atomic mass is 16.5. The van der Waals surface area contributed by atoms with E-state index < -0.39 is 0 Å². The molecule has 0 saturated heterocycles. The predicted molar refractivity (Wildman–Crippen MR) is 114 cm³/mol. The Hall–Kier alpha value is -3.86. The molecule has 3 aromatic rings. The number of hydrogen-bond donors (Lipinski definition) is 1. The number of carbonyl (C=O) groups is 1. The zero-order valence-corrected chi connectivity index (χ0v) is 16.0. The first-order valence-electron chi connectivity index (χ1n) is 9.20. The highest BCUT2D eigenvalue weighted by Gasteiger charge is 2.11. The van der Waals surface area contributed by atoms with Gasteiger partial charge in [-0.3, -0.25) is 4.79 Å². The Kier molecular flexibility index (Phi) is 7.18. The van der Waals surface area contributed by atoms with E-state index in [-0.39, 0.29) is 5.91 Å². The molecule has 0 aromatic heterocycles. The Morgan fingerprint density at radius 1 is 0.897 bits per heavy atom. The number of rotatable bonds is 9. The van der Waals surface area contributed by atoms with Gasteiger partial charge in [0.2, 0.25) is 0 Å². The normalized spacial score (nSPS) is 10.5. The second-order valence-electron chi connectivity index (χ2n) is 6.11. The van der Waals surface area contributed by atoms with Crippen LogP contribution in [0.1, 0.15) is 21.5 Å². The largest absolute Gasteiger partial charge is 0.489 e. The molecule has 5 nitrogen and oxygen atoms in total. The monoisotopic (exact) mass is 386 g/mol. The van der Waals surface area contributed by atoms with Gasteiger partial charge in [-0.2, -0.15) is 5.10 Å². The van der Waals surface area contributed by atoms with E-state index in [0.717, 1.165) is 11.1 Å². The van der Waals surface area contributed by atoms with Crippen molar-refractivity contribution in [2.45, 2.75) is 6.61 Å². The molecule has 0 saturated carbocycles. The van der Waals surface area contributed by atoms with Gasteiger partial charge in [0.25, 0.3) is 5.91 Å². The van der Waals surface area contributed by atoms with Gasteiger partial charge in [0, 0.05) is 5.56 Å². The van der Waals surface area contributed by atoms with Crippen molar-refractivity contribution in [2.24, 2.45) is 5.10 Å². The van der Waals surface area contributed by atoms with E-state index in [0.29, 0.717) is 30.3 Å². The van der Waals surface area contributed by atoms with Crippen LogP contribution in [0.3, 0.4) is 0 Å². The van der Waals surface area contributed by atoms with Gasteiger partial charge in [-0.1, -0.05) is 67.3 Å². The molecule has 1 N–H and O–H groups in total. The number of ether oxygens (including phenoxy) is 2. The lowest BCUT2D eigenvalue weighted by Gasteiger charge is -2.09. The summed E-state index contributed by atoms with van der Waals surface area (Å²) in [4.78, 5) is 12.5. The summed E-state index contributed by atoms with van der Waals surface area (Å²) in [7, 11) is 0. The second-order valence-corrected chi connectivity index (χ2v) is 6.11. The van der Waals surface area contributed by atoms with Crippen LogP contribution < -0.4 is 14.9 Å². The standard InChI is InChI=1S/C24H22N2O3/c1-2-16-28-23-15-9-7-13-21(23)24(27)26-25-17-20-12-6-8-14-22(20)29-18-19-10-4-3-5-11-19/h2-15,17H,1,16,18H2,(H,26,27)/b25-17+. The molecule has 3 rings (SSSR count). The highest BCUT2D eigenvalue weighted by Crippen LogP contribution is 2.19. The number of carbonyl (C=O) groups excluding carboxylic acids is 1. The molecule has 0 aliphatic carbocycles. The van der Waals surface area contributed by atoms with Crippen LogP contribution in [0.15, 0.2) is 96.6 Å². The number of nitrogens with one attached hydrogen (secondary N) is 1. The summed E-state index contributed by atoms with van der Waals surface area (Å²) in [5.41, 5.74) is 4.77. The summed E-state index contributed by atoms with van der Waals surface area (Å²) in [6, 6.07) is 24.4. The van der Waals surface area contributed by atoms with Gasteiger partial charge in [-0.05, 0) is 29.8 Å². The molecule has 0 radical (unpaired) electrons. The minimum atomic E-state index is -0.358. The van der Waals surface area contributed by atoms with Crippen LogP contribution in [0, 0.1) is 0 Å². The predicted octanol–water partition coefficient (Wildman–Crippen LogP) is 4.59. The van der Waals surface area contributed by atoms with Gasteiger partial charge in [0.1, 0.15) is 24.7 Å². The molecule has 0 bridgehead atoms. The molecule has 0 atom stereocenters. The van der Waals surface area contributed by atoms with Gasteiger partial charge in [0.05, 0.1) is 11.8 Å². The number of amides is 1. The molecular weight excluding hydrogens is 364 g/mol. The van der Waals surface area contributed by atoms with Crippen molar-refractivity contribution >= 4 is 12.1 Å². The Morgan fingerprint density at radius 2 is 1.59 bits per heavy atom. The van der Waals surface area contributed by atoms with Crippen molar-refractivity contribution in [3.05, 3.63) is 108 Å². The van der Waals surface area contributed by atoms with E-state index in [2.05, 4.69) is 17.1 Å². The van der Waals surface area contributed by atoms with Gasteiger partial charge in [0.15, 0.2) is 0 Å². The first-order valence-corrected chi connectivity index (χ1v) is 9.20. The second kappa shape index (κ2) is 10.5. The van der Waals surface area contributed by atoms with Crippen LogP contribution >= 0.6 is 0 Å². The van der Waals surface area contributed by atoms with Crippen LogP contribution in [-0.4, -0.2) is 18.7 Å². The van der Waals surface area contributed by atoms with E-state index in [4.69, 9.17) is 9.47 Å². The summed E-state index contributed by atoms with van der Waals surface area (Å²) in [5, 5.41) is 4.07. The maximum atomic E-state index is 12.5. The fourth-order valence-corrected chi connectivity index (χ4v) is 2.60. The SMILES string of the molecule is C=CCOc1ccccc1C(=O)N/N=C/c1ccccc1OCc1ccccc1. The van der Waals surface area contributed by atoms with Gasteiger partial charge >= 0.3 is 0 Å². The van der Waals surface area contributed by atoms with Gasteiger partial charge < -0.3 is 9.47 Å². The van der Waals surface area contributed by atoms with Crippen LogP contribution in [0.2, 0.25) is 0 Å². The highest BCUT2D eigenvalue weighted by molar-refractivity contribution is 5.97. The molecule has 0 unspecified atom stereocenters. The minimum Gasteiger partial charge on any atom is -0.489 e. The number of hydrazone groups is 1. The number of benzene rings is 3. The Balaban J connectivity index is 1.65. The summed E-state index contributed by atoms with van der Waals surface area (Å²) >= 11 is 0. The van der Waals surface area contributed by atoms with Crippen molar-refractivity contribution in [1.29, 1.82) is 0 Å². The lowest BCUT2D eigenvalue weighted by Crippen LogP contribution is -2.18. The first kappa shape index (κ1) is 19.9. The maximum absolute atomic E-state index is 12.5. The molecule has 3 aromatic carbocycles.